The van der Waals surface area contributed by atoms with Crippen LogP contribution in [0.15, 0.2) is 28.1 Å². The Balaban J connectivity index is 2.70. The molecule has 0 aromatic carbocycles. The number of nitrogens with zero attached hydrogens (tertiary/aromatic N) is 1. The molecule has 0 saturated heterocycles. The molecule has 7 heteroatoms. The average Bonchev–Trinajstić information content (AvgIpc) is 2.35. The predicted molar refractivity (Wildman–Crippen MR) is 66.6 cm³/mol. The number of hydrogen-bond acceptors (Lipinski definition) is 4. The summed E-state index contributed by atoms with van der Waals surface area (Å²) < 4.78 is 0. The van der Waals surface area contributed by atoms with Crippen molar-refractivity contribution in [3.8, 4) is 0 Å². The number of oxime groups is 1. The highest BCUT2D eigenvalue weighted by molar-refractivity contribution is 5.93. The van der Waals surface area contributed by atoms with Gasteiger partial charge in [-0.05, 0) is 6.07 Å². The van der Waals surface area contributed by atoms with Gasteiger partial charge in [0, 0.05) is 18.0 Å². The number of aromatic amines is 1. The average molecular weight is 252 g/mol. The number of H-pyrrole nitrogens is 1. The van der Waals surface area contributed by atoms with Crippen molar-refractivity contribution < 1.29 is 10.0 Å². The van der Waals surface area contributed by atoms with Gasteiger partial charge in [-0.1, -0.05) is 25.1 Å². The molecule has 7 nitrogen and oxygen atoms in total. The van der Waals surface area contributed by atoms with Crippen LogP contribution in [0, 0.1) is 5.41 Å². The summed E-state index contributed by atoms with van der Waals surface area (Å²) in [5, 5.41) is 14.1. The first-order valence-corrected chi connectivity index (χ1v) is 5.32. The molecule has 0 atom stereocenters. The van der Waals surface area contributed by atoms with E-state index in [4.69, 9.17) is 10.9 Å². The van der Waals surface area contributed by atoms with E-state index >= 15 is 0 Å². The van der Waals surface area contributed by atoms with Gasteiger partial charge >= 0.3 is 0 Å². The van der Waals surface area contributed by atoms with Gasteiger partial charge in [-0.2, -0.15) is 0 Å². The van der Waals surface area contributed by atoms with Gasteiger partial charge in [0.25, 0.3) is 5.91 Å². The molecular formula is C11H16N4O3. The van der Waals surface area contributed by atoms with Gasteiger partial charge in [0.05, 0.1) is 0 Å². The smallest absolute Gasteiger partial charge is 0.267 e. The van der Waals surface area contributed by atoms with Crippen molar-refractivity contribution in [3.63, 3.8) is 0 Å². The molecular weight excluding hydrogens is 236 g/mol. The lowest BCUT2D eigenvalue weighted by Crippen LogP contribution is -2.43. The zero-order valence-corrected chi connectivity index (χ0v) is 10.2. The molecule has 0 fully saturated rings. The topological polar surface area (TPSA) is 121 Å². The maximum Gasteiger partial charge on any atom is 0.267 e. The number of aromatic nitrogens is 1. The minimum Gasteiger partial charge on any atom is -0.409 e. The van der Waals surface area contributed by atoms with Crippen LogP contribution in [-0.4, -0.2) is 28.5 Å². The van der Waals surface area contributed by atoms with Gasteiger partial charge in [0.15, 0.2) is 0 Å². The number of nitrogens with two attached hydrogens (primary N) is 1. The van der Waals surface area contributed by atoms with Crippen LogP contribution in [0.3, 0.4) is 0 Å². The largest absolute Gasteiger partial charge is 0.409 e. The second-order valence-corrected chi connectivity index (χ2v) is 4.48. The SMILES string of the molecule is CC(C)(CNC(=O)c1cccc(=O)[nH]1)/C(N)=N/O. The summed E-state index contributed by atoms with van der Waals surface area (Å²) in [5.74, 6) is -0.407. The van der Waals surface area contributed by atoms with Crippen molar-refractivity contribution in [2.75, 3.05) is 6.54 Å². The first kappa shape index (κ1) is 13.8. The highest BCUT2D eigenvalue weighted by atomic mass is 16.4. The predicted octanol–water partition coefficient (Wildman–Crippen LogP) is -0.123. The van der Waals surface area contributed by atoms with Crippen LogP contribution in [0.25, 0.3) is 0 Å². The van der Waals surface area contributed by atoms with E-state index in [0.717, 1.165) is 0 Å². The Bertz CT molecular complexity index is 519. The summed E-state index contributed by atoms with van der Waals surface area (Å²) in [6.45, 7) is 3.62. The molecule has 0 aliphatic rings. The van der Waals surface area contributed by atoms with Gasteiger partial charge in [-0.15, -0.1) is 0 Å². The molecule has 1 rings (SSSR count). The summed E-state index contributed by atoms with van der Waals surface area (Å²) in [4.78, 5) is 25.2. The van der Waals surface area contributed by atoms with Crippen LogP contribution in [-0.2, 0) is 0 Å². The monoisotopic (exact) mass is 252 g/mol. The molecule has 5 N–H and O–H groups in total. The van der Waals surface area contributed by atoms with E-state index in [1.54, 1.807) is 13.8 Å². The molecule has 1 amide bonds. The highest BCUT2D eigenvalue weighted by Crippen LogP contribution is 2.13. The second-order valence-electron chi connectivity index (χ2n) is 4.48. The Labute approximate surface area is 104 Å². The van der Waals surface area contributed by atoms with Gasteiger partial charge in [-0.3, -0.25) is 9.59 Å². The molecule has 1 aromatic rings. The molecule has 0 aliphatic carbocycles. The second kappa shape index (κ2) is 5.35. The van der Waals surface area contributed by atoms with Crippen LogP contribution >= 0.6 is 0 Å². The van der Waals surface area contributed by atoms with E-state index < -0.39 is 11.3 Å². The zero-order valence-electron chi connectivity index (χ0n) is 10.2. The summed E-state index contributed by atoms with van der Waals surface area (Å²) in [6.07, 6.45) is 0. The maximum atomic E-state index is 11.7. The molecule has 0 aliphatic heterocycles. The van der Waals surface area contributed by atoms with Crippen molar-refractivity contribution in [2.45, 2.75) is 13.8 Å². The quantitative estimate of drug-likeness (QED) is 0.258. The minimum absolute atomic E-state index is 0.0179. The van der Waals surface area contributed by atoms with Gasteiger partial charge in [0.1, 0.15) is 11.5 Å². The number of carbonyl (C=O) groups is 1. The molecule has 1 aromatic heterocycles. The van der Waals surface area contributed by atoms with Crippen molar-refractivity contribution >= 4 is 11.7 Å². The highest BCUT2D eigenvalue weighted by Gasteiger charge is 2.24. The van der Waals surface area contributed by atoms with E-state index in [-0.39, 0.29) is 23.6 Å². The number of pyridine rings is 1. The number of rotatable bonds is 4. The summed E-state index contributed by atoms with van der Waals surface area (Å²) in [7, 11) is 0. The fourth-order valence-corrected chi connectivity index (χ4v) is 1.20. The standard InChI is InChI=1S/C11H16N4O3/c1-11(2,10(12)15-18)6-13-9(17)7-4-3-5-8(16)14-7/h3-5,18H,6H2,1-2H3,(H2,12,15)(H,13,17)(H,14,16). The Morgan fingerprint density at radius 1 is 1.56 bits per heavy atom. The molecule has 0 unspecified atom stereocenters. The van der Waals surface area contributed by atoms with Crippen LogP contribution in [0.2, 0.25) is 0 Å². The summed E-state index contributed by atoms with van der Waals surface area (Å²) in [6, 6.07) is 4.30. The molecule has 0 radical (unpaired) electrons. The van der Waals surface area contributed by atoms with Crippen molar-refractivity contribution in [1.82, 2.24) is 10.3 Å². The summed E-state index contributed by atoms with van der Waals surface area (Å²) in [5.41, 5.74) is 4.63. The van der Waals surface area contributed by atoms with E-state index in [2.05, 4.69) is 15.5 Å². The number of hydrogen-bond donors (Lipinski definition) is 4. The lowest BCUT2D eigenvalue weighted by molar-refractivity contribution is 0.0939. The van der Waals surface area contributed by atoms with Crippen LogP contribution in [0.1, 0.15) is 24.3 Å². The van der Waals surface area contributed by atoms with Crippen molar-refractivity contribution in [2.24, 2.45) is 16.3 Å². The molecule has 18 heavy (non-hydrogen) atoms. The van der Waals surface area contributed by atoms with Gasteiger partial charge in [0.2, 0.25) is 5.56 Å². The third-order valence-electron chi connectivity index (χ3n) is 2.51. The fourth-order valence-electron chi connectivity index (χ4n) is 1.20. The Hall–Kier alpha value is -2.31. The van der Waals surface area contributed by atoms with Gasteiger partial charge in [-0.25, -0.2) is 0 Å². The maximum absolute atomic E-state index is 11.7. The van der Waals surface area contributed by atoms with E-state index in [1.807, 2.05) is 0 Å². The third kappa shape index (κ3) is 3.34. The normalized spacial score (nSPS) is 12.2. The lowest BCUT2D eigenvalue weighted by atomic mass is 9.92. The number of carbonyl (C=O) groups excluding carboxylic acids is 1. The zero-order chi connectivity index (χ0) is 13.8. The molecule has 0 spiro atoms. The Morgan fingerprint density at radius 3 is 2.78 bits per heavy atom. The van der Waals surface area contributed by atoms with Gasteiger partial charge < -0.3 is 21.2 Å². The van der Waals surface area contributed by atoms with E-state index in [1.165, 1.54) is 18.2 Å². The van der Waals surface area contributed by atoms with E-state index in [0.29, 0.717) is 0 Å². The molecule has 98 valence electrons. The van der Waals surface area contributed by atoms with Crippen LogP contribution in [0.5, 0.6) is 0 Å². The first-order valence-electron chi connectivity index (χ1n) is 5.32. The molecule has 0 bridgehead atoms. The van der Waals surface area contributed by atoms with Crippen molar-refractivity contribution in [3.05, 3.63) is 34.2 Å². The number of amidine groups is 1. The first-order chi connectivity index (χ1) is 8.36. The molecule has 1 heterocycles. The summed E-state index contributed by atoms with van der Waals surface area (Å²) >= 11 is 0. The Kier molecular flexibility index (Phi) is 4.09. The van der Waals surface area contributed by atoms with Crippen LogP contribution in [0.4, 0.5) is 0 Å². The van der Waals surface area contributed by atoms with Crippen molar-refractivity contribution in [1.29, 1.82) is 0 Å². The lowest BCUT2D eigenvalue weighted by Gasteiger charge is -2.22. The molecule has 0 saturated carbocycles. The van der Waals surface area contributed by atoms with Crippen LogP contribution < -0.4 is 16.6 Å². The van der Waals surface area contributed by atoms with E-state index in [9.17, 15) is 9.59 Å². The Morgan fingerprint density at radius 2 is 2.22 bits per heavy atom. The number of nitrogens with one attached hydrogen (secondary N) is 2. The minimum atomic E-state index is -0.681. The third-order valence-corrected chi connectivity index (χ3v) is 2.51. The number of amides is 1. The fraction of sp³-hybridized carbons (Fsp3) is 0.364.